The Bertz CT molecular complexity index is 998. The number of rotatable bonds is 1. The maximum atomic E-state index is 13.4. The number of nitrogens with one attached hydrogen (secondary N) is 4. The molecule has 188 valence electrons. The van der Waals surface area contributed by atoms with E-state index in [0.717, 1.165) is 19.4 Å². The van der Waals surface area contributed by atoms with Crippen LogP contribution in [-0.4, -0.2) is 69.3 Å². The summed E-state index contributed by atoms with van der Waals surface area (Å²) in [5.74, 6) is -0.184. The average molecular weight is 492 g/mol. The fraction of sp³-hybridized carbons (Fsp3) is 0.708. The predicted molar refractivity (Wildman–Crippen MR) is 129 cm³/mol. The first-order chi connectivity index (χ1) is 16.3. The second kappa shape index (κ2) is 9.83. The number of carbonyl (C=O) groups excluding carboxylic acids is 1. The number of benzene rings is 1. The van der Waals surface area contributed by atoms with Crippen LogP contribution in [0.1, 0.15) is 54.8 Å². The lowest BCUT2D eigenvalue weighted by atomic mass is 9.87. The first kappa shape index (κ1) is 24.1. The third-order valence-electron chi connectivity index (χ3n) is 7.78. The highest BCUT2D eigenvalue weighted by molar-refractivity contribution is 7.90. The van der Waals surface area contributed by atoms with E-state index in [1.807, 2.05) is 11.0 Å². The number of ether oxygens (including phenoxy) is 1. The smallest absolute Gasteiger partial charge is 0.225 e. The molecule has 0 radical (unpaired) electrons. The molecule has 3 saturated heterocycles. The van der Waals surface area contributed by atoms with Crippen molar-refractivity contribution in [2.24, 2.45) is 5.92 Å². The molecule has 1 aliphatic carbocycles. The normalized spacial score (nSPS) is 36.5. The van der Waals surface area contributed by atoms with E-state index < -0.39 is 21.6 Å². The molecule has 6 bridgehead atoms. The Morgan fingerprint density at radius 2 is 1.88 bits per heavy atom. The van der Waals surface area contributed by atoms with Gasteiger partial charge in [0.05, 0.1) is 11.4 Å². The summed E-state index contributed by atoms with van der Waals surface area (Å²) in [7, 11) is -3.64. The number of nitrogens with zero attached hydrogens (tertiary/aromatic N) is 1. The SMILES string of the molecule is Cc1cccc(C)c1C1CC2NC(N1)NS(=O)(=O)C1CCCC(C1)C(=O)N1CCNC[C@@H](C1)O2. The van der Waals surface area contributed by atoms with Crippen LogP contribution in [0.5, 0.6) is 0 Å². The van der Waals surface area contributed by atoms with E-state index in [0.29, 0.717) is 38.9 Å². The Kier molecular flexibility index (Phi) is 6.98. The van der Waals surface area contributed by atoms with Gasteiger partial charge in [-0.25, -0.2) is 8.42 Å². The van der Waals surface area contributed by atoms with Gasteiger partial charge in [0.2, 0.25) is 15.9 Å². The monoisotopic (exact) mass is 491 g/mol. The Morgan fingerprint density at radius 1 is 1.09 bits per heavy atom. The molecule has 4 fully saturated rings. The molecular weight excluding hydrogens is 454 g/mol. The minimum absolute atomic E-state index is 0.0684. The number of amides is 1. The minimum atomic E-state index is -3.64. The van der Waals surface area contributed by atoms with Crippen LogP contribution in [0.4, 0.5) is 0 Å². The Balaban J connectivity index is 1.49. The molecule has 10 heteroatoms. The maximum absolute atomic E-state index is 13.4. The van der Waals surface area contributed by atoms with Crippen LogP contribution in [0, 0.1) is 19.8 Å². The van der Waals surface area contributed by atoms with Gasteiger partial charge in [-0.2, -0.15) is 4.72 Å². The van der Waals surface area contributed by atoms with Gasteiger partial charge in [-0.15, -0.1) is 0 Å². The second-order valence-electron chi connectivity index (χ2n) is 10.2. The third-order valence-corrected chi connectivity index (χ3v) is 9.65. The van der Waals surface area contributed by atoms with Crippen LogP contribution in [-0.2, 0) is 19.6 Å². The number of carbonyl (C=O) groups is 1. The molecule has 4 aliphatic rings. The lowest BCUT2D eigenvalue weighted by Crippen LogP contribution is -2.64. The summed E-state index contributed by atoms with van der Waals surface area (Å²) in [5.41, 5.74) is 3.51. The van der Waals surface area contributed by atoms with E-state index in [1.54, 1.807) is 0 Å². The molecule has 5 rings (SSSR count). The van der Waals surface area contributed by atoms with Gasteiger partial charge < -0.3 is 15.0 Å². The van der Waals surface area contributed by atoms with E-state index in [1.165, 1.54) is 16.7 Å². The molecule has 34 heavy (non-hydrogen) atoms. The summed E-state index contributed by atoms with van der Waals surface area (Å²) in [6.45, 7) is 6.70. The number of hydrogen-bond donors (Lipinski definition) is 4. The minimum Gasteiger partial charge on any atom is -0.357 e. The van der Waals surface area contributed by atoms with Gasteiger partial charge in [0, 0.05) is 44.6 Å². The molecule has 4 N–H and O–H groups in total. The zero-order chi connectivity index (χ0) is 23.9. The van der Waals surface area contributed by atoms with Gasteiger partial charge in [0.15, 0.2) is 0 Å². The molecule has 9 nitrogen and oxygen atoms in total. The van der Waals surface area contributed by atoms with Crippen molar-refractivity contribution in [2.75, 3.05) is 26.2 Å². The van der Waals surface area contributed by atoms with Crippen molar-refractivity contribution >= 4 is 15.9 Å². The number of fused-ring (bicyclic) bond motifs is 6. The van der Waals surface area contributed by atoms with Gasteiger partial charge >= 0.3 is 0 Å². The summed E-state index contributed by atoms with van der Waals surface area (Å²) in [4.78, 5) is 15.3. The van der Waals surface area contributed by atoms with Crippen LogP contribution in [0.3, 0.4) is 0 Å². The highest BCUT2D eigenvalue weighted by Crippen LogP contribution is 2.32. The molecule has 0 aromatic heterocycles. The fourth-order valence-electron chi connectivity index (χ4n) is 6.10. The molecule has 1 saturated carbocycles. The van der Waals surface area contributed by atoms with Gasteiger partial charge in [0.1, 0.15) is 12.5 Å². The van der Waals surface area contributed by atoms with Crippen molar-refractivity contribution in [3.63, 3.8) is 0 Å². The molecule has 0 spiro atoms. The van der Waals surface area contributed by atoms with Crippen LogP contribution < -0.4 is 20.7 Å². The van der Waals surface area contributed by atoms with Gasteiger partial charge in [-0.1, -0.05) is 24.6 Å². The van der Waals surface area contributed by atoms with Crippen LogP contribution >= 0.6 is 0 Å². The van der Waals surface area contributed by atoms with Crippen molar-refractivity contribution in [3.8, 4) is 0 Å². The molecule has 5 unspecified atom stereocenters. The van der Waals surface area contributed by atoms with Gasteiger partial charge in [-0.05, 0) is 49.8 Å². The quantitative estimate of drug-likeness (QED) is 0.461. The number of aryl methyl sites for hydroxylation is 2. The lowest BCUT2D eigenvalue weighted by Gasteiger charge is -2.40. The van der Waals surface area contributed by atoms with Crippen LogP contribution in [0.15, 0.2) is 18.2 Å². The summed E-state index contributed by atoms with van der Waals surface area (Å²) < 4.78 is 36.2. The molecule has 1 aromatic rings. The Labute approximate surface area is 202 Å². The zero-order valence-electron chi connectivity index (χ0n) is 20.0. The molecule has 3 aliphatic heterocycles. The van der Waals surface area contributed by atoms with Gasteiger partial charge in [-0.3, -0.25) is 15.4 Å². The molecule has 3 heterocycles. The topological polar surface area (TPSA) is 112 Å². The van der Waals surface area contributed by atoms with Crippen molar-refractivity contribution < 1.29 is 17.9 Å². The second-order valence-corrected chi connectivity index (χ2v) is 12.2. The average Bonchev–Trinajstić information content (AvgIpc) is 3.03. The number of sulfonamides is 1. The van der Waals surface area contributed by atoms with Crippen molar-refractivity contribution in [1.82, 2.24) is 25.6 Å². The summed E-state index contributed by atoms with van der Waals surface area (Å²) in [6, 6.07) is 6.15. The third kappa shape index (κ3) is 5.03. The van der Waals surface area contributed by atoms with Crippen molar-refractivity contribution in [2.45, 2.75) is 75.9 Å². The first-order valence-electron chi connectivity index (χ1n) is 12.5. The lowest BCUT2D eigenvalue weighted by molar-refractivity contribution is -0.139. The molecule has 1 aromatic carbocycles. The summed E-state index contributed by atoms with van der Waals surface area (Å²) in [6.07, 6.45) is 1.92. The fourth-order valence-corrected chi connectivity index (χ4v) is 7.72. The van der Waals surface area contributed by atoms with Crippen molar-refractivity contribution in [1.29, 1.82) is 0 Å². The van der Waals surface area contributed by atoms with E-state index in [-0.39, 0.29) is 30.2 Å². The number of hydrogen-bond acceptors (Lipinski definition) is 7. The predicted octanol–water partition coefficient (Wildman–Crippen LogP) is 0.846. The Hall–Kier alpha value is -1.56. The first-order valence-corrected chi connectivity index (χ1v) is 14.1. The van der Waals surface area contributed by atoms with Gasteiger partial charge in [0.25, 0.3) is 0 Å². The zero-order valence-corrected chi connectivity index (χ0v) is 20.9. The van der Waals surface area contributed by atoms with E-state index in [2.05, 4.69) is 46.7 Å². The Morgan fingerprint density at radius 3 is 2.68 bits per heavy atom. The summed E-state index contributed by atoms with van der Waals surface area (Å²) >= 11 is 0. The van der Waals surface area contributed by atoms with E-state index >= 15 is 0 Å². The molecule has 6 atom stereocenters. The highest BCUT2D eigenvalue weighted by Gasteiger charge is 2.41. The largest absolute Gasteiger partial charge is 0.357 e. The molecule has 1 amide bonds. The standard InChI is InChI=1S/C24H37N5O4S/c1-15-5-3-6-16(2)22(15)20-12-21-27-24(26-20)28-34(31,32)19-8-4-7-17(11-19)23(30)29-10-9-25-13-18(14-29)33-21/h3,5-6,17-21,24-28H,4,7-14H2,1-2H3/t17?,18-,19?,20?,21?,24?/m0/s1. The maximum Gasteiger partial charge on any atom is 0.225 e. The van der Waals surface area contributed by atoms with Crippen LogP contribution in [0.25, 0.3) is 0 Å². The van der Waals surface area contributed by atoms with E-state index in [9.17, 15) is 13.2 Å². The highest BCUT2D eigenvalue weighted by atomic mass is 32.2. The van der Waals surface area contributed by atoms with Crippen LogP contribution in [0.2, 0.25) is 0 Å². The van der Waals surface area contributed by atoms with E-state index in [4.69, 9.17) is 4.74 Å². The molecular formula is C24H37N5O4S. The van der Waals surface area contributed by atoms with Crippen molar-refractivity contribution in [3.05, 3.63) is 34.9 Å². The summed E-state index contributed by atoms with van der Waals surface area (Å²) in [5, 5.41) is 9.66.